The molecule has 11 heteroatoms. The summed E-state index contributed by atoms with van der Waals surface area (Å²) in [5.74, 6) is -0.474. The maximum atomic E-state index is 11.9. The van der Waals surface area contributed by atoms with Crippen molar-refractivity contribution in [2.45, 2.75) is 13.0 Å². The molecule has 0 fully saturated rings. The lowest BCUT2D eigenvalue weighted by molar-refractivity contribution is -0.121. The summed E-state index contributed by atoms with van der Waals surface area (Å²) >= 11 is 0. The maximum Gasteiger partial charge on any atom is 0.342 e. The Bertz CT molecular complexity index is 903. The normalized spacial score (nSPS) is 11.9. The first-order valence-electron chi connectivity index (χ1n) is 7.06. The predicted octanol–water partition coefficient (Wildman–Crippen LogP) is -0.877. The van der Waals surface area contributed by atoms with Gasteiger partial charge in [-0.3, -0.25) is 14.6 Å². The third kappa shape index (κ3) is 4.67. The van der Waals surface area contributed by atoms with E-state index in [9.17, 15) is 19.5 Å². The van der Waals surface area contributed by atoms with E-state index in [2.05, 4.69) is 20.9 Å². The summed E-state index contributed by atoms with van der Waals surface area (Å²) in [5.41, 5.74) is 1.38. The fourth-order valence-electron chi connectivity index (χ4n) is 1.76. The number of aromatic hydroxyl groups is 1. The predicted molar refractivity (Wildman–Crippen MR) is 89.0 cm³/mol. The second-order valence-electron chi connectivity index (χ2n) is 4.89. The number of aromatic nitrogens is 3. The number of carbonyl (C=O) groups excluding carboxylic acids is 1. The van der Waals surface area contributed by atoms with Crippen molar-refractivity contribution < 1.29 is 14.6 Å². The topological polar surface area (TPSA) is 162 Å². The average molecular weight is 348 g/mol. The summed E-state index contributed by atoms with van der Waals surface area (Å²) in [6.45, 7) is 1.49. The van der Waals surface area contributed by atoms with Crippen LogP contribution in [0.15, 0.2) is 32.9 Å². The average Bonchev–Trinajstić information content (AvgIpc) is 2.58. The highest BCUT2D eigenvalue weighted by atomic mass is 16.5. The molecule has 25 heavy (non-hydrogen) atoms. The summed E-state index contributed by atoms with van der Waals surface area (Å²) in [6.07, 6.45) is 1.36. The Kier molecular flexibility index (Phi) is 5.50. The molecule has 2 aromatic rings. The zero-order chi connectivity index (χ0) is 18.4. The Morgan fingerprint density at radius 3 is 2.88 bits per heavy atom. The fourth-order valence-corrected chi connectivity index (χ4v) is 1.76. The molecule has 1 amide bonds. The summed E-state index contributed by atoms with van der Waals surface area (Å²) in [6, 6.07) is 3.71. The van der Waals surface area contributed by atoms with E-state index >= 15 is 0 Å². The quantitative estimate of drug-likeness (QED) is 0.334. The number of amides is 1. The third-order valence-corrected chi connectivity index (χ3v) is 3.05. The van der Waals surface area contributed by atoms with Gasteiger partial charge in [-0.25, -0.2) is 15.3 Å². The number of hydrogen-bond acceptors (Lipinski definition) is 8. The Morgan fingerprint density at radius 2 is 2.20 bits per heavy atom. The molecule has 1 aromatic heterocycles. The van der Waals surface area contributed by atoms with Gasteiger partial charge in [0.25, 0.3) is 11.5 Å². The first-order valence-corrected chi connectivity index (χ1v) is 7.06. The molecule has 0 aliphatic heterocycles. The Balaban J connectivity index is 1.97. The minimum absolute atomic E-state index is 0.0138. The number of nitrogens with one attached hydrogen (secondary N) is 4. The zero-order valence-electron chi connectivity index (χ0n) is 13.4. The van der Waals surface area contributed by atoms with Crippen LogP contribution in [0.5, 0.6) is 11.5 Å². The highest BCUT2D eigenvalue weighted by Crippen LogP contribution is 2.25. The molecule has 5 N–H and O–H groups in total. The first kappa shape index (κ1) is 17.7. The van der Waals surface area contributed by atoms with Gasteiger partial charge in [0.15, 0.2) is 11.5 Å². The van der Waals surface area contributed by atoms with Gasteiger partial charge in [0.2, 0.25) is 5.82 Å². The highest BCUT2D eigenvalue weighted by molar-refractivity contribution is 5.86. The molecule has 0 unspecified atom stereocenters. The van der Waals surface area contributed by atoms with Crippen LogP contribution in [0.25, 0.3) is 0 Å². The SMILES string of the molecule is COc1cc(/C=N/NC(=O)[C@@H](C)Nc2n[nH]c(=O)[nH]c2=O)ccc1O. The van der Waals surface area contributed by atoms with E-state index in [1.807, 2.05) is 10.1 Å². The number of phenolic OH excluding ortho intramolecular Hbond substituents is 1. The lowest BCUT2D eigenvalue weighted by atomic mass is 10.2. The lowest BCUT2D eigenvalue weighted by Gasteiger charge is -2.11. The minimum atomic E-state index is -0.842. The molecular weight excluding hydrogens is 332 g/mol. The number of methoxy groups -OCH3 is 1. The number of carbonyl (C=O) groups is 1. The molecule has 0 saturated carbocycles. The number of aromatic amines is 2. The highest BCUT2D eigenvalue weighted by Gasteiger charge is 2.14. The van der Waals surface area contributed by atoms with Crippen LogP contribution in [0.2, 0.25) is 0 Å². The van der Waals surface area contributed by atoms with Gasteiger partial charge in [-0.1, -0.05) is 0 Å². The molecule has 11 nitrogen and oxygen atoms in total. The van der Waals surface area contributed by atoms with E-state index in [0.29, 0.717) is 5.56 Å². The smallest absolute Gasteiger partial charge is 0.342 e. The van der Waals surface area contributed by atoms with Crippen molar-refractivity contribution in [1.82, 2.24) is 20.6 Å². The van der Waals surface area contributed by atoms with Crippen LogP contribution < -0.4 is 26.7 Å². The monoisotopic (exact) mass is 348 g/mol. The van der Waals surface area contributed by atoms with Gasteiger partial charge in [0, 0.05) is 0 Å². The van der Waals surface area contributed by atoms with Gasteiger partial charge in [-0.15, -0.1) is 5.10 Å². The molecule has 0 aliphatic rings. The van der Waals surface area contributed by atoms with Crippen LogP contribution in [0.4, 0.5) is 5.82 Å². The molecule has 0 saturated heterocycles. The van der Waals surface area contributed by atoms with Crippen LogP contribution in [-0.2, 0) is 4.79 Å². The van der Waals surface area contributed by atoms with E-state index in [1.165, 1.54) is 32.4 Å². The Labute approximate surface area is 140 Å². The number of benzene rings is 1. The number of anilines is 1. The van der Waals surface area contributed by atoms with Crippen molar-refractivity contribution >= 4 is 17.9 Å². The lowest BCUT2D eigenvalue weighted by Crippen LogP contribution is -2.38. The van der Waals surface area contributed by atoms with E-state index in [0.717, 1.165) is 0 Å². The second-order valence-corrected chi connectivity index (χ2v) is 4.89. The first-order chi connectivity index (χ1) is 11.9. The van der Waals surface area contributed by atoms with Crippen molar-refractivity contribution in [2.75, 3.05) is 12.4 Å². The van der Waals surface area contributed by atoms with E-state index < -0.39 is 23.2 Å². The number of phenols is 1. The molecule has 0 aliphatic carbocycles. The fraction of sp³-hybridized carbons (Fsp3) is 0.214. The molecule has 1 atom stereocenters. The standard InChI is InChI=1S/C14H16N6O5/c1-7(16-11-13(23)17-14(24)20-18-11)12(22)19-15-6-8-3-4-9(21)10(5-8)25-2/h3-7,21H,1-2H3,(H,16,18)(H,19,22)(H2,17,20,23,24)/b15-6+/t7-/m1/s1. The molecule has 0 bridgehead atoms. The van der Waals surface area contributed by atoms with Crippen LogP contribution in [0.3, 0.4) is 0 Å². The second kappa shape index (κ2) is 7.77. The number of hydrazone groups is 1. The van der Waals surface area contributed by atoms with Crippen LogP contribution in [-0.4, -0.2) is 45.6 Å². The number of H-pyrrole nitrogens is 2. The number of hydrogen-bond donors (Lipinski definition) is 5. The van der Waals surface area contributed by atoms with Gasteiger partial charge in [-0.05, 0) is 30.7 Å². The van der Waals surface area contributed by atoms with E-state index in [4.69, 9.17) is 4.74 Å². The Morgan fingerprint density at radius 1 is 1.44 bits per heavy atom. The summed E-state index contributed by atoms with van der Waals surface area (Å²) < 4.78 is 4.96. The number of ether oxygens (including phenoxy) is 1. The van der Waals surface area contributed by atoms with E-state index in [-0.39, 0.29) is 17.3 Å². The minimum Gasteiger partial charge on any atom is -0.504 e. The van der Waals surface area contributed by atoms with Crippen LogP contribution in [0, 0.1) is 0 Å². The molecule has 2 rings (SSSR count). The van der Waals surface area contributed by atoms with Crippen molar-refractivity contribution in [2.24, 2.45) is 5.10 Å². The third-order valence-electron chi connectivity index (χ3n) is 3.05. The Hall–Kier alpha value is -3.63. The molecule has 0 radical (unpaired) electrons. The summed E-state index contributed by atoms with van der Waals surface area (Å²) in [7, 11) is 1.41. The van der Waals surface area contributed by atoms with Crippen molar-refractivity contribution in [3.63, 3.8) is 0 Å². The maximum absolute atomic E-state index is 11.9. The molecular formula is C14H16N6O5. The van der Waals surface area contributed by atoms with Gasteiger partial charge in [-0.2, -0.15) is 5.10 Å². The molecule has 1 heterocycles. The van der Waals surface area contributed by atoms with Gasteiger partial charge in [0.05, 0.1) is 13.3 Å². The van der Waals surface area contributed by atoms with Crippen molar-refractivity contribution in [3.05, 3.63) is 44.6 Å². The van der Waals surface area contributed by atoms with Crippen LogP contribution >= 0.6 is 0 Å². The van der Waals surface area contributed by atoms with Crippen molar-refractivity contribution in [3.8, 4) is 11.5 Å². The largest absolute Gasteiger partial charge is 0.504 e. The van der Waals surface area contributed by atoms with Gasteiger partial charge < -0.3 is 15.2 Å². The molecule has 1 aromatic carbocycles. The van der Waals surface area contributed by atoms with Crippen molar-refractivity contribution in [1.29, 1.82) is 0 Å². The number of nitrogens with zero attached hydrogens (tertiary/aromatic N) is 2. The molecule has 0 spiro atoms. The zero-order valence-corrected chi connectivity index (χ0v) is 13.4. The van der Waals surface area contributed by atoms with Gasteiger partial charge >= 0.3 is 5.69 Å². The summed E-state index contributed by atoms with van der Waals surface area (Å²) in [5, 5.41) is 21.4. The number of rotatable bonds is 6. The molecule has 132 valence electrons. The van der Waals surface area contributed by atoms with Gasteiger partial charge in [0.1, 0.15) is 6.04 Å². The van der Waals surface area contributed by atoms with E-state index in [1.54, 1.807) is 6.07 Å². The summed E-state index contributed by atoms with van der Waals surface area (Å²) in [4.78, 5) is 36.3. The van der Waals surface area contributed by atoms with Crippen LogP contribution in [0.1, 0.15) is 12.5 Å².